The minimum Gasteiger partial charge on any atom is -0.491 e. The van der Waals surface area contributed by atoms with E-state index in [1.54, 1.807) is 0 Å². The van der Waals surface area contributed by atoms with Crippen molar-refractivity contribution in [2.75, 3.05) is 13.2 Å². The normalized spacial score (nSPS) is 12.8. The molecule has 6 nitrogen and oxygen atoms in total. The Balaban J connectivity index is 2.36. The van der Waals surface area contributed by atoms with Gasteiger partial charge < -0.3 is 19.8 Å². The minimum absolute atomic E-state index is 0.196. The van der Waals surface area contributed by atoms with Crippen molar-refractivity contribution < 1.29 is 24.5 Å². The summed E-state index contributed by atoms with van der Waals surface area (Å²) in [7, 11) is 0. The molecule has 1 unspecified atom stereocenters. The number of carboxylic acids is 1. The van der Waals surface area contributed by atoms with E-state index in [-0.39, 0.29) is 36.4 Å². The van der Waals surface area contributed by atoms with E-state index in [1.807, 2.05) is 46.8 Å². The number of hydrogen-bond donors (Lipinski definition) is 2. The van der Waals surface area contributed by atoms with Crippen molar-refractivity contribution >= 4 is 11.9 Å². The van der Waals surface area contributed by atoms with E-state index in [0.29, 0.717) is 0 Å². The summed E-state index contributed by atoms with van der Waals surface area (Å²) in [5, 5.41) is 19.5. The van der Waals surface area contributed by atoms with Gasteiger partial charge in [0, 0.05) is 18.9 Å². The number of amides is 1. The average Bonchev–Trinajstić information content (AvgIpc) is 2.79. The Hall–Kier alpha value is -2.86. The van der Waals surface area contributed by atoms with E-state index in [2.05, 4.69) is 38.1 Å². The molecular formula is C30H43NO5. The maximum Gasteiger partial charge on any atom is 0.323 e. The number of nitrogens with zero attached hydrogens (tertiary/aromatic N) is 1. The Morgan fingerprint density at radius 3 is 1.97 bits per heavy atom. The third-order valence-corrected chi connectivity index (χ3v) is 7.36. The molecule has 0 fully saturated rings. The molecule has 2 rings (SSSR count). The fourth-order valence-corrected chi connectivity index (χ4v) is 4.58. The van der Waals surface area contributed by atoms with Crippen LogP contribution in [-0.4, -0.2) is 46.2 Å². The molecule has 0 aliphatic rings. The predicted molar refractivity (Wildman–Crippen MR) is 143 cm³/mol. The molecular weight excluding hydrogens is 454 g/mol. The maximum atomic E-state index is 11.9. The Kier molecular flexibility index (Phi) is 9.72. The summed E-state index contributed by atoms with van der Waals surface area (Å²) in [6.45, 7) is 16.0. The van der Waals surface area contributed by atoms with Crippen LogP contribution in [0.2, 0.25) is 0 Å². The number of aliphatic hydroxyl groups excluding tert-OH is 1. The number of aliphatic carboxylic acids is 1. The van der Waals surface area contributed by atoms with Crippen LogP contribution < -0.4 is 4.74 Å². The van der Waals surface area contributed by atoms with Crippen LogP contribution in [0.3, 0.4) is 0 Å². The number of aliphatic hydroxyl groups is 1. The highest BCUT2D eigenvalue weighted by Gasteiger charge is 2.32. The molecule has 0 aliphatic carbocycles. The quantitative estimate of drug-likeness (QED) is 0.420. The van der Waals surface area contributed by atoms with Gasteiger partial charge in [0.25, 0.3) is 0 Å². The number of carboxylic acid groups (broad SMARTS) is 1. The zero-order chi connectivity index (χ0) is 27.3. The van der Waals surface area contributed by atoms with Crippen molar-refractivity contribution in [1.29, 1.82) is 0 Å². The minimum atomic E-state index is -1.02. The molecule has 1 amide bonds. The molecule has 0 heterocycles. The van der Waals surface area contributed by atoms with E-state index >= 15 is 0 Å². The maximum absolute atomic E-state index is 11.9. The van der Waals surface area contributed by atoms with E-state index in [9.17, 15) is 14.7 Å². The lowest BCUT2D eigenvalue weighted by atomic mass is 9.70. The van der Waals surface area contributed by atoms with E-state index in [1.165, 1.54) is 23.0 Å². The molecule has 2 aromatic rings. The van der Waals surface area contributed by atoms with Crippen LogP contribution in [0.15, 0.2) is 36.4 Å². The molecule has 2 aromatic carbocycles. The number of carbonyl (C=O) groups is 2. The summed E-state index contributed by atoms with van der Waals surface area (Å²) in [5.41, 5.74) is 4.95. The molecule has 0 aliphatic heterocycles. The van der Waals surface area contributed by atoms with Crippen molar-refractivity contribution in [2.24, 2.45) is 5.41 Å². The lowest BCUT2D eigenvalue weighted by Crippen LogP contribution is -2.33. The Bertz CT molecular complexity index is 1070. The van der Waals surface area contributed by atoms with Gasteiger partial charge in [-0.3, -0.25) is 9.59 Å². The van der Waals surface area contributed by atoms with Gasteiger partial charge in [0.2, 0.25) is 5.91 Å². The molecule has 36 heavy (non-hydrogen) atoms. The van der Waals surface area contributed by atoms with Crippen molar-refractivity contribution in [3.63, 3.8) is 0 Å². The van der Waals surface area contributed by atoms with Gasteiger partial charge in [-0.2, -0.15) is 0 Å². The smallest absolute Gasteiger partial charge is 0.323 e. The van der Waals surface area contributed by atoms with Crippen LogP contribution >= 0.6 is 0 Å². The summed E-state index contributed by atoms with van der Waals surface area (Å²) in [5.74, 6) is -0.506. The van der Waals surface area contributed by atoms with Crippen LogP contribution in [0.4, 0.5) is 0 Å². The summed E-state index contributed by atoms with van der Waals surface area (Å²) >= 11 is 0. The van der Waals surface area contributed by atoms with Crippen LogP contribution in [0, 0.1) is 19.3 Å². The first-order chi connectivity index (χ1) is 16.7. The highest BCUT2D eigenvalue weighted by molar-refractivity contribution is 5.79. The zero-order valence-electron chi connectivity index (χ0n) is 23.1. The SMILES string of the molecule is CCC(CC)(c1ccc(CN(CC(=O)O)C(C)=O)c(C)c1)c1ccc(OCC(O)C(C)(C)C)c(C)c1. The monoisotopic (exact) mass is 497 g/mol. The first-order valence-corrected chi connectivity index (χ1v) is 12.7. The fourth-order valence-electron chi connectivity index (χ4n) is 4.58. The summed E-state index contributed by atoms with van der Waals surface area (Å²) < 4.78 is 5.96. The van der Waals surface area contributed by atoms with E-state index < -0.39 is 12.1 Å². The fraction of sp³-hybridized carbons (Fsp3) is 0.533. The van der Waals surface area contributed by atoms with Gasteiger partial charge in [-0.1, -0.05) is 65.0 Å². The van der Waals surface area contributed by atoms with Gasteiger partial charge in [-0.15, -0.1) is 0 Å². The lowest BCUT2D eigenvalue weighted by Gasteiger charge is -2.34. The predicted octanol–water partition coefficient (Wildman–Crippen LogP) is 5.63. The Morgan fingerprint density at radius 1 is 0.972 bits per heavy atom. The number of ether oxygens (including phenoxy) is 1. The van der Waals surface area contributed by atoms with Crippen LogP contribution in [-0.2, 0) is 21.5 Å². The summed E-state index contributed by atoms with van der Waals surface area (Å²) in [4.78, 5) is 24.4. The second-order valence-electron chi connectivity index (χ2n) is 10.9. The highest BCUT2D eigenvalue weighted by atomic mass is 16.5. The van der Waals surface area contributed by atoms with Gasteiger partial charge >= 0.3 is 5.97 Å². The molecule has 0 saturated carbocycles. The number of carbonyl (C=O) groups excluding carboxylic acids is 1. The molecule has 0 radical (unpaired) electrons. The first-order valence-electron chi connectivity index (χ1n) is 12.7. The van der Waals surface area contributed by atoms with E-state index in [0.717, 1.165) is 35.3 Å². The highest BCUT2D eigenvalue weighted by Crippen LogP contribution is 2.41. The largest absolute Gasteiger partial charge is 0.491 e. The van der Waals surface area contributed by atoms with Crippen LogP contribution in [0.5, 0.6) is 5.75 Å². The Labute approximate surface area is 216 Å². The average molecular weight is 498 g/mol. The summed E-state index contributed by atoms with van der Waals surface area (Å²) in [6, 6.07) is 12.6. The molecule has 6 heteroatoms. The number of rotatable bonds is 11. The number of aryl methyl sites for hydroxylation is 2. The van der Waals surface area contributed by atoms with Gasteiger partial charge in [-0.05, 0) is 66.0 Å². The Morgan fingerprint density at radius 2 is 1.53 bits per heavy atom. The topological polar surface area (TPSA) is 87.1 Å². The van der Waals surface area contributed by atoms with Gasteiger partial charge in [-0.25, -0.2) is 0 Å². The van der Waals surface area contributed by atoms with Crippen molar-refractivity contribution in [2.45, 2.75) is 86.3 Å². The molecule has 198 valence electrons. The summed E-state index contributed by atoms with van der Waals surface area (Å²) in [6.07, 6.45) is 1.25. The van der Waals surface area contributed by atoms with Crippen molar-refractivity contribution in [1.82, 2.24) is 4.90 Å². The molecule has 0 bridgehead atoms. The van der Waals surface area contributed by atoms with Crippen molar-refractivity contribution in [3.8, 4) is 5.75 Å². The lowest BCUT2D eigenvalue weighted by molar-refractivity contribution is -0.144. The zero-order valence-corrected chi connectivity index (χ0v) is 23.1. The van der Waals surface area contributed by atoms with E-state index in [4.69, 9.17) is 9.84 Å². The third-order valence-electron chi connectivity index (χ3n) is 7.36. The molecule has 1 atom stereocenters. The van der Waals surface area contributed by atoms with Gasteiger partial charge in [0.15, 0.2) is 0 Å². The van der Waals surface area contributed by atoms with Crippen LogP contribution in [0.1, 0.15) is 82.2 Å². The van der Waals surface area contributed by atoms with Crippen molar-refractivity contribution in [3.05, 3.63) is 64.2 Å². The molecule has 0 spiro atoms. The van der Waals surface area contributed by atoms with Gasteiger partial charge in [0.05, 0.1) is 6.10 Å². The second kappa shape index (κ2) is 11.9. The standard InChI is InChI=1S/C30H43NO5/c1-9-30(10-2,25-13-14-26(21(4)16-25)36-19-27(33)29(6,7)8)24-12-11-23(20(3)15-24)17-31(22(5)32)18-28(34)35/h11-16,27,33H,9-10,17-19H2,1-8H3,(H,34,35). The molecule has 0 saturated heterocycles. The van der Waals surface area contributed by atoms with Crippen LogP contribution in [0.25, 0.3) is 0 Å². The number of benzene rings is 2. The second-order valence-corrected chi connectivity index (χ2v) is 10.9. The van der Waals surface area contributed by atoms with Gasteiger partial charge in [0.1, 0.15) is 18.9 Å². The first kappa shape index (κ1) is 29.4. The third kappa shape index (κ3) is 6.88. The number of hydrogen-bond acceptors (Lipinski definition) is 4. The molecule has 0 aromatic heterocycles. The molecule has 2 N–H and O–H groups in total.